The minimum atomic E-state index is -2.58. The van der Waals surface area contributed by atoms with Crippen LogP contribution in [-0.4, -0.2) is 12.7 Å². The van der Waals surface area contributed by atoms with Crippen molar-refractivity contribution in [3.63, 3.8) is 0 Å². The van der Waals surface area contributed by atoms with Gasteiger partial charge in [-0.25, -0.2) is 0 Å². The van der Waals surface area contributed by atoms with E-state index in [1.165, 1.54) is 0 Å². The van der Waals surface area contributed by atoms with Gasteiger partial charge in [-0.2, -0.15) is 8.78 Å². The van der Waals surface area contributed by atoms with Gasteiger partial charge in [0.05, 0.1) is 6.10 Å². The number of halogens is 2. The molecule has 0 aromatic rings. The van der Waals surface area contributed by atoms with Crippen molar-refractivity contribution in [2.24, 2.45) is 17.8 Å². The maximum atomic E-state index is 12.0. The van der Waals surface area contributed by atoms with Crippen LogP contribution in [0, 0.1) is 17.8 Å². The van der Waals surface area contributed by atoms with E-state index in [0.29, 0.717) is 17.8 Å². The molecule has 0 radical (unpaired) electrons. The van der Waals surface area contributed by atoms with Crippen molar-refractivity contribution in [3.05, 3.63) is 0 Å². The van der Waals surface area contributed by atoms with Crippen molar-refractivity contribution in [1.82, 2.24) is 0 Å². The molecule has 0 spiro atoms. The molecule has 0 amide bonds. The molecule has 0 aromatic heterocycles. The van der Waals surface area contributed by atoms with Gasteiger partial charge in [-0.05, 0) is 37.0 Å². The Hall–Kier alpha value is -0.180. The van der Waals surface area contributed by atoms with Crippen LogP contribution < -0.4 is 0 Å². The van der Waals surface area contributed by atoms with Gasteiger partial charge in [0.1, 0.15) is 0 Å². The first-order chi connectivity index (χ1) is 5.68. The van der Waals surface area contributed by atoms with Gasteiger partial charge in [0.2, 0.25) is 0 Å². The Morgan fingerprint density at radius 2 is 2.08 bits per heavy atom. The molecule has 2 saturated carbocycles. The second-order valence-electron chi connectivity index (χ2n) is 4.08. The number of rotatable bonds is 2. The Labute approximate surface area is 71.1 Å². The van der Waals surface area contributed by atoms with Crippen LogP contribution in [0.4, 0.5) is 8.78 Å². The molecule has 2 aliphatic carbocycles. The van der Waals surface area contributed by atoms with Crippen LogP contribution in [0.2, 0.25) is 0 Å². The number of fused-ring (bicyclic) bond motifs is 2. The molecule has 2 unspecified atom stereocenters. The predicted molar refractivity (Wildman–Crippen MR) is 40.9 cm³/mol. The third kappa shape index (κ3) is 1.24. The van der Waals surface area contributed by atoms with Crippen molar-refractivity contribution in [2.45, 2.75) is 38.9 Å². The molecular weight excluding hydrogens is 162 g/mol. The minimum Gasteiger partial charge on any atom is -0.319 e. The summed E-state index contributed by atoms with van der Waals surface area (Å²) in [6.45, 7) is -0.436. The van der Waals surface area contributed by atoms with Crippen LogP contribution >= 0.6 is 0 Å². The van der Waals surface area contributed by atoms with Crippen molar-refractivity contribution in [1.29, 1.82) is 0 Å². The second kappa shape index (κ2) is 2.95. The van der Waals surface area contributed by atoms with Crippen LogP contribution in [0.1, 0.15) is 26.2 Å². The summed E-state index contributed by atoms with van der Waals surface area (Å²) in [6.07, 6.45) is 3.12. The van der Waals surface area contributed by atoms with E-state index in [9.17, 15) is 8.78 Å². The first-order valence-electron chi connectivity index (χ1n) is 4.62. The molecule has 0 aliphatic heterocycles. The Morgan fingerprint density at radius 3 is 2.50 bits per heavy atom. The molecule has 3 heteroatoms. The van der Waals surface area contributed by atoms with Gasteiger partial charge in [-0.15, -0.1) is 0 Å². The van der Waals surface area contributed by atoms with Gasteiger partial charge in [0, 0.05) is 0 Å². The maximum absolute atomic E-state index is 12.0. The molecule has 2 rings (SSSR count). The van der Waals surface area contributed by atoms with Crippen molar-refractivity contribution >= 4 is 0 Å². The Kier molecular flexibility index (Phi) is 2.07. The SMILES string of the molecule is CC1C[C@@H]2CC[C@H]1C2OC(F)F. The van der Waals surface area contributed by atoms with Crippen LogP contribution in [0.25, 0.3) is 0 Å². The largest absolute Gasteiger partial charge is 0.345 e. The molecule has 1 nitrogen and oxygen atoms in total. The highest BCUT2D eigenvalue weighted by atomic mass is 19.3. The first-order valence-corrected chi connectivity index (χ1v) is 4.62. The summed E-state index contributed by atoms with van der Waals surface area (Å²) < 4.78 is 28.6. The first kappa shape index (κ1) is 8.42. The fourth-order valence-corrected chi connectivity index (χ4v) is 2.93. The molecule has 2 aliphatic rings. The van der Waals surface area contributed by atoms with Crippen molar-refractivity contribution < 1.29 is 13.5 Å². The molecule has 70 valence electrons. The number of hydrogen-bond donors (Lipinski definition) is 0. The zero-order valence-electron chi connectivity index (χ0n) is 7.17. The molecular formula is C9H14F2O. The monoisotopic (exact) mass is 176 g/mol. The summed E-state index contributed by atoms with van der Waals surface area (Å²) in [5.41, 5.74) is 0. The molecule has 12 heavy (non-hydrogen) atoms. The van der Waals surface area contributed by atoms with E-state index in [1.807, 2.05) is 0 Å². The molecule has 2 bridgehead atoms. The number of ether oxygens (including phenoxy) is 1. The zero-order valence-corrected chi connectivity index (χ0v) is 7.17. The standard InChI is InChI=1S/C9H14F2O/c1-5-4-6-2-3-7(5)8(6)12-9(10)11/h5-9H,2-4H2,1H3/t5?,6-,7+,8?/m0/s1. The summed E-state index contributed by atoms with van der Waals surface area (Å²) in [7, 11) is 0. The van der Waals surface area contributed by atoms with Gasteiger partial charge in [0.15, 0.2) is 0 Å². The van der Waals surface area contributed by atoms with Crippen LogP contribution in [0.3, 0.4) is 0 Å². The Balaban J connectivity index is 1.99. The van der Waals surface area contributed by atoms with Crippen molar-refractivity contribution in [3.8, 4) is 0 Å². The summed E-state index contributed by atoms with van der Waals surface area (Å²) in [5.74, 6) is 1.41. The molecule has 4 atom stereocenters. The minimum absolute atomic E-state index is 0.139. The van der Waals surface area contributed by atoms with Gasteiger partial charge >= 0.3 is 6.61 Å². The Bertz CT molecular complexity index is 172. The average Bonchev–Trinajstić information content (AvgIpc) is 2.44. The fraction of sp³-hybridized carbons (Fsp3) is 1.00. The third-order valence-corrected chi connectivity index (χ3v) is 3.42. The maximum Gasteiger partial charge on any atom is 0.345 e. The average molecular weight is 176 g/mol. The summed E-state index contributed by atoms with van der Waals surface area (Å²) in [6, 6.07) is 0. The quantitative estimate of drug-likeness (QED) is 0.628. The van der Waals surface area contributed by atoms with E-state index >= 15 is 0 Å². The van der Waals surface area contributed by atoms with Crippen LogP contribution in [-0.2, 0) is 4.74 Å². The number of alkyl halides is 2. The third-order valence-electron chi connectivity index (χ3n) is 3.42. The topological polar surface area (TPSA) is 9.23 Å². The van der Waals surface area contributed by atoms with Crippen LogP contribution in [0.15, 0.2) is 0 Å². The van der Waals surface area contributed by atoms with E-state index in [-0.39, 0.29) is 6.10 Å². The van der Waals surface area contributed by atoms with Crippen molar-refractivity contribution in [2.75, 3.05) is 0 Å². The lowest BCUT2D eigenvalue weighted by atomic mass is 9.91. The van der Waals surface area contributed by atoms with E-state index < -0.39 is 6.61 Å². The second-order valence-corrected chi connectivity index (χ2v) is 4.08. The lowest BCUT2D eigenvalue weighted by Gasteiger charge is -2.17. The smallest absolute Gasteiger partial charge is 0.319 e. The highest BCUT2D eigenvalue weighted by Gasteiger charge is 2.47. The van der Waals surface area contributed by atoms with E-state index in [4.69, 9.17) is 0 Å². The summed E-state index contributed by atoms with van der Waals surface area (Å²) in [5, 5.41) is 0. The summed E-state index contributed by atoms with van der Waals surface area (Å²) >= 11 is 0. The lowest BCUT2D eigenvalue weighted by Crippen LogP contribution is -2.22. The highest BCUT2D eigenvalue weighted by Crippen LogP contribution is 2.50. The van der Waals surface area contributed by atoms with Gasteiger partial charge in [-0.3, -0.25) is 0 Å². The Morgan fingerprint density at radius 1 is 1.33 bits per heavy atom. The normalized spacial score (nSPS) is 46.0. The highest BCUT2D eigenvalue weighted by molar-refractivity contribution is 4.96. The molecule has 0 aromatic carbocycles. The predicted octanol–water partition coefficient (Wildman–Crippen LogP) is 2.66. The molecule has 2 fully saturated rings. The van der Waals surface area contributed by atoms with E-state index in [2.05, 4.69) is 11.7 Å². The van der Waals surface area contributed by atoms with Gasteiger partial charge < -0.3 is 4.74 Å². The lowest BCUT2D eigenvalue weighted by molar-refractivity contribution is -0.174. The molecule has 0 heterocycles. The molecule has 0 saturated heterocycles. The van der Waals surface area contributed by atoms with Crippen LogP contribution in [0.5, 0.6) is 0 Å². The summed E-state index contributed by atoms with van der Waals surface area (Å²) in [4.78, 5) is 0. The van der Waals surface area contributed by atoms with Gasteiger partial charge in [-0.1, -0.05) is 6.92 Å². The zero-order chi connectivity index (χ0) is 8.72. The van der Waals surface area contributed by atoms with Gasteiger partial charge in [0.25, 0.3) is 0 Å². The van der Waals surface area contributed by atoms with E-state index in [1.54, 1.807) is 0 Å². The number of hydrogen-bond acceptors (Lipinski definition) is 1. The van der Waals surface area contributed by atoms with E-state index in [0.717, 1.165) is 19.3 Å². The molecule has 0 N–H and O–H groups in total. The fourth-order valence-electron chi connectivity index (χ4n) is 2.93.